The fourth-order valence-electron chi connectivity index (χ4n) is 6.43. The summed E-state index contributed by atoms with van der Waals surface area (Å²) in [5, 5.41) is 0. The molecule has 2 aromatic rings. The Morgan fingerprint density at radius 1 is 0.917 bits per heavy atom. The van der Waals surface area contributed by atoms with Gasteiger partial charge >= 0.3 is 6.09 Å². The van der Waals surface area contributed by atoms with Crippen LogP contribution in [0, 0.1) is 22.7 Å². The van der Waals surface area contributed by atoms with Gasteiger partial charge in [0, 0.05) is 44.1 Å². The number of benzene rings is 2. The average molecular weight is 488 g/mol. The number of amides is 3. The van der Waals surface area contributed by atoms with Crippen LogP contribution in [0.4, 0.5) is 4.79 Å². The number of rotatable bonds is 5. The Morgan fingerprint density at radius 3 is 2.19 bits per heavy atom. The van der Waals surface area contributed by atoms with Gasteiger partial charge in [0.1, 0.15) is 12.6 Å². The number of carbonyl (C=O) groups is 3. The van der Waals surface area contributed by atoms with Gasteiger partial charge in [-0.25, -0.2) is 9.69 Å². The van der Waals surface area contributed by atoms with E-state index in [1.807, 2.05) is 53.4 Å². The van der Waals surface area contributed by atoms with Crippen LogP contribution in [0.1, 0.15) is 37.4 Å². The molecule has 3 amide bonds. The number of hydrogen-bond donors (Lipinski definition) is 0. The molecule has 2 unspecified atom stereocenters. The lowest BCUT2D eigenvalue weighted by Gasteiger charge is -2.51. The van der Waals surface area contributed by atoms with Gasteiger partial charge < -0.3 is 9.64 Å². The van der Waals surface area contributed by atoms with Crippen LogP contribution < -0.4 is 0 Å². The number of imide groups is 1. The third-order valence-electron chi connectivity index (χ3n) is 8.70. The van der Waals surface area contributed by atoms with Gasteiger partial charge in [-0.15, -0.1) is 0 Å². The van der Waals surface area contributed by atoms with E-state index in [0.717, 1.165) is 25.1 Å². The molecule has 0 bridgehead atoms. The zero-order valence-corrected chi connectivity index (χ0v) is 20.9. The minimum absolute atomic E-state index is 0.0757. The second kappa shape index (κ2) is 8.44. The fourth-order valence-corrected chi connectivity index (χ4v) is 6.43. The first-order valence-electron chi connectivity index (χ1n) is 12.9. The molecule has 188 valence electrons. The molecular formula is C29H33N3O4. The van der Waals surface area contributed by atoms with Crippen molar-refractivity contribution in [3.63, 3.8) is 0 Å². The second-order valence-corrected chi connectivity index (χ2v) is 11.7. The number of nitrogens with zero attached hydrogens (tertiary/aromatic N) is 3. The summed E-state index contributed by atoms with van der Waals surface area (Å²) in [6.07, 6.45) is 0.355. The van der Waals surface area contributed by atoms with Crippen molar-refractivity contribution in [1.82, 2.24) is 14.7 Å². The normalized spacial score (nSPS) is 28.2. The highest BCUT2D eigenvalue weighted by Crippen LogP contribution is 2.55. The summed E-state index contributed by atoms with van der Waals surface area (Å²) in [6, 6.07) is 19.4. The lowest BCUT2D eigenvalue weighted by molar-refractivity contribution is -0.154. The Balaban J connectivity index is 1.25. The van der Waals surface area contributed by atoms with E-state index in [4.69, 9.17) is 4.74 Å². The summed E-state index contributed by atoms with van der Waals surface area (Å²) in [5.41, 5.74) is 1.82. The summed E-state index contributed by atoms with van der Waals surface area (Å²) < 4.78 is 5.37. The maximum atomic E-state index is 14.1. The van der Waals surface area contributed by atoms with Crippen molar-refractivity contribution in [2.24, 2.45) is 22.7 Å². The van der Waals surface area contributed by atoms with Crippen molar-refractivity contribution >= 4 is 17.9 Å². The Morgan fingerprint density at radius 2 is 1.56 bits per heavy atom. The minimum atomic E-state index is -0.572. The van der Waals surface area contributed by atoms with Gasteiger partial charge in [0.2, 0.25) is 11.8 Å². The maximum Gasteiger partial charge on any atom is 0.417 e. The van der Waals surface area contributed by atoms with Crippen molar-refractivity contribution < 1.29 is 19.1 Å². The molecule has 4 fully saturated rings. The highest BCUT2D eigenvalue weighted by atomic mass is 16.6. The molecule has 1 saturated carbocycles. The van der Waals surface area contributed by atoms with Gasteiger partial charge in [-0.1, -0.05) is 74.5 Å². The first-order valence-corrected chi connectivity index (χ1v) is 12.9. The van der Waals surface area contributed by atoms with Gasteiger partial charge in [-0.05, 0) is 23.0 Å². The molecule has 2 aromatic carbocycles. The summed E-state index contributed by atoms with van der Waals surface area (Å²) in [5.74, 6) is -0.252. The van der Waals surface area contributed by atoms with Crippen LogP contribution in [0.25, 0.3) is 0 Å². The van der Waals surface area contributed by atoms with Crippen LogP contribution in [0.15, 0.2) is 60.7 Å². The van der Waals surface area contributed by atoms with Crippen molar-refractivity contribution in [2.75, 3.05) is 32.8 Å². The lowest BCUT2D eigenvalue weighted by Crippen LogP contribution is -2.64. The molecule has 6 rings (SSSR count). The molecule has 0 aromatic heterocycles. The molecule has 7 heteroatoms. The molecule has 3 aliphatic heterocycles. The van der Waals surface area contributed by atoms with E-state index >= 15 is 0 Å². The van der Waals surface area contributed by atoms with Crippen LogP contribution >= 0.6 is 0 Å². The van der Waals surface area contributed by atoms with Gasteiger partial charge in [0.25, 0.3) is 0 Å². The first kappa shape index (κ1) is 23.2. The number of cyclic esters (lactones) is 1. The third-order valence-corrected chi connectivity index (χ3v) is 8.70. The van der Waals surface area contributed by atoms with E-state index in [9.17, 15) is 14.4 Å². The zero-order chi connectivity index (χ0) is 25.1. The molecular weight excluding hydrogens is 454 g/mol. The minimum Gasteiger partial charge on any atom is -0.446 e. The Bertz CT molecular complexity index is 1180. The van der Waals surface area contributed by atoms with Crippen LogP contribution in [0.3, 0.4) is 0 Å². The average Bonchev–Trinajstić information content (AvgIpc) is 3.16. The molecule has 3 heterocycles. The first-order chi connectivity index (χ1) is 17.3. The predicted octanol–water partition coefficient (Wildman–Crippen LogP) is 3.71. The molecule has 1 spiro atoms. The number of carbonyl (C=O) groups excluding carboxylic acids is 3. The van der Waals surface area contributed by atoms with E-state index < -0.39 is 12.1 Å². The van der Waals surface area contributed by atoms with Crippen LogP contribution in [-0.2, 0) is 20.9 Å². The molecule has 36 heavy (non-hydrogen) atoms. The van der Waals surface area contributed by atoms with Crippen LogP contribution in [0.2, 0.25) is 0 Å². The van der Waals surface area contributed by atoms with Gasteiger partial charge in [0.15, 0.2) is 0 Å². The maximum absolute atomic E-state index is 14.1. The third kappa shape index (κ3) is 3.90. The molecule has 4 aliphatic rings. The van der Waals surface area contributed by atoms with Crippen molar-refractivity contribution in [3.8, 4) is 0 Å². The van der Waals surface area contributed by atoms with Gasteiger partial charge in [-0.2, -0.15) is 0 Å². The van der Waals surface area contributed by atoms with Gasteiger partial charge in [0.05, 0.1) is 5.92 Å². The Kier molecular flexibility index (Phi) is 5.45. The Labute approximate surface area is 212 Å². The molecule has 1 aliphatic carbocycles. The fraction of sp³-hybridized carbons (Fsp3) is 0.483. The van der Waals surface area contributed by atoms with E-state index in [2.05, 4.69) is 30.9 Å². The number of hydrogen-bond acceptors (Lipinski definition) is 5. The standard InChI is InChI=1S/C29H33N3O4/c1-28(2)13-22(28)25(33)31-18-29(19-31)17-30(14-20-9-5-3-6-10-20)15-23(29)26(34)32-24(16-36-27(32)35)21-11-7-4-8-12-21/h3-12,22-24H,13-19H2,1-2H3/t22-,23?,24?/m1/s1. The van der Waals surface area contributed by atoms with Crippen molar-refractivity contribution in [1.29, 1.82) is 0 Å². The summed E-state index contributed by atoms with van der Waals surface area (Å²) in [6.45, 7) is 7.61. The molecule has 7 nitrogen and oxygen atoms in total. The van der Waals surface area contributed by atoms with E-state index in [1.165, 1.54) is 10.5 Å². The van der Waals surface area contributed by atoms with E-state index in [-0.39, 0.29) is 41.1 Å². The molecule has 0 radical (unpaired) electrons. The monoisotopic (exact) mass is 487 g/mol. The molecule has 3 saturated heterocycles. The van der Waals surface area contributed by atoms with Crippen molar-refractivity contribution in [3.05, 3.63) is 71.8 Å². The lowest BCUT2D eigenvalue weighted by atomic mass is 9.70. The second-order valence-electron chi connectivity index (χ2n) is 11.7. The SMILES string of the molecule is CC1(C)C[C@@H]1C(=O)N1CC2(CN(Cc3ccccc3)CC2C(=O)N2C(=O)OCC2c2ccccc2)C1. The van der Waals surface area contributed by atoms with Crippen LogP contribution in [0.5, 0.6) is 0 Å². The molecule has 0 N–H and O–H groups in total. The summed E-state index contributed by atoms with van der Waals surface area (Å²) >= 11 is 0. The quantitative estimate of drug-likeness (QED) is 0.643. The molecule has 3 atom stereocenters. The van der Waals surface area contributed by atoms with Crippen molar-refractivity contribution in [2.45, 2.75) is 32.9 Å². The number of likely N-dealkylation sites (tertiary alicyclic amines) is 2. The Hall–Kier alpha value is -3.19. The topological polar surface area (TPSA) is 70.2 Å². The van der Waals surface area contributed by atoms with E-state index in [0.29, 0.717) is 19.6 Å². The smallest absolute Gasteiger partial charge is 0.417 e. The summed E-state index contributed by atoms with van der Waals surface area (Å²) in [7, 11) is 0. The highest BCUT2D eigenvalue weighted by molar-refractivity contribution is 5.96. The summed E-state index contributed by atoms with van der Waals surface area (Å²) in [4.78, 5) is 45.5. The number of ether oxygens (including phenoxy) is 1. The van der Waals surface area contributed by atoms with E-state index in [1.54, 1.807) is 0 Å². The van der Waals surface area contributed by atoms with Gasteiger partial charge in [-0.3, -0.25) is 14.5 Å². The highest BCUT2D eigenvalue weighted by Gasteiger charge is 2.62. The predicted molar refractivity (Wildman–Crippen MR) is 133 cm³/mol. The van der Waals surface area contributed by atoms with Crippen LogP contribution in [-0.4, -0.2) is 65.4 Å². The zero-order valence-electron chi connectivity index (χ0n) is 20.9. The largest absolute Gasteiger partial charge is 0.446 e.